The number of anilines is 2. The van der Waals surface area contributed by atoms with Crippen LogP contribution in [0.5, 0.6) is 0 Å². The average Bonchev–Trinajstić information content (AvgIpc) is 3.53. The number of carbonyl (C=O) groups excluding carboxylic acids is 2. The van der Waals surface area contributed by atoms with Gasteiger partial charge in [0.05, 0.1) is 11.1 Å². The van der Waals surface area contributed by atoms with Crippen molar-refractivity contribution >= 4 is 34.5 Å². The quantitative estimate of drug-likeness (QED) is 0.231. The number of hydrogen-bond donors (Lipinski definition) is 2. The van der Waals surface area contributed by atoms with Gasteiger partial charge in [-0.1, -0.05) is 19.1 Å². The molecule has 4 aromatic rings. The zero-order chi connectivity index (χ0) is 30.6. The summed E-state index contributed by atoms with van der Waals surface area (Å²) in [5.41, 5.74) is 1.90. The van der Waals surface area contributed by atoms with Crippen LogP contribution in [-0.4, -0.2) is 59.3 Å². The number of nitrogens with zero attached hydrogens (tertiary/aromatic N) is 3. The van der Waals surface area contributed by atoms with Crippen molar-refractivity contribution in [3.8, 4) is 10.4 Å². The number of alkyl halides is 3. The van der Waals surface area contributed by atoms with Gasteiger partial charge in [0.15, 0.2) is 0 Å². The lowest BCUT2D eigenvalue weighted by Crippen LogP contribution is -2.45. The predicted octanol–water partition coefficient (Wildman–Crippen LogP) is 6.78. The Morgan fingerprint density at radius 1 is 0.884 bits per heavy atom. The molecule has 0 saturated carbocycles. The monoisotopic (exact) mass is 607 g/mol. The van der Waals surface area contributed by atoms with Crippen molar-refractivity contribution in [1.82, 2.24) is 14.8 Å². The highest BCUT2D eigenvalue weighted by Gasteiger charge is 2.34. The Labute approximate surface area is 252 Å². The van der Waals surface area contributed by atoms with Gasteiger partial charge >= 0.3 is 6.18 Å². The number of amides is 2. The minimum absolute atomic E-state index is 0.0421. The summed E-state index contributed by atoms with van der Waals surface area (Å²) in [5.74, 6) is -0.985. The maximum atomic E-state index is 14.0. The molecule has 1 aliphatic heterocycles. The first-order chi connectivity index (χ1) is 20.6. The molecule has 7 nitrogen and oxygen atoms in total. The number of piperazine rings is 1. The Hall–Kier alpha value is -4.06. The summed E-state index contributed by atoms with van der Waals surface area (Å²) in [6.07, 6.45) is -1.43. The molecular weight excluding hydrogens is 575 g/mol. The SMILES string of the molecule is CCN1CCN(Cc2ccc(NC(=O)c3cc(C)cc(NC(=O)c4cncc(-c5cccs5)c4)c3)cc2C(F)(F)F)CC1. The molecule has 0 aliphatic carbocycles. The van der Waals surface area contributed by atoms with E-state index in [-0.39, 0.29) is 23.4 Å². The van der Waals surface area contributed by atoms with Crippen LogP contribution in [-0.2, 0) is 12.7 Å². The summed E-state index contributed by atoms with van der Waals surface area (Å²) in [6, 6.07) is 14.3. The van der Waals surface area contributed by atoms with Gasteiger partial charge in [-0.05, 0) is 72.4 Å². The number of halogens is 3. The number of carbonyl (C=O) groups is 2. The molecule has 0 bridgehead atoms. The second-order valence-corrected chi connectivity index (χ2v) is 11.5. The predicted molar refractivity (Wildman–Crippen MR) is 163 cm³/mol. The van der Waals surface area contributed by atoms with E-state index in [0.29, 0.717) is 29.9 Å². The summed E-state index contributed by atoms with van der Waals surface area (Å²) in [6.45, 7) is 8.00. The van der Waals surface area contributed by atoms with Crippen molar-refractivity contribution in [1.29, 1.82) is 0 Å². The first kappa shape index (κ1) is 30.4. The van der Waals surface area contributed by atoms with E-state index < -0.39 is 23.6 Å². The topological polar surface area (TPSA) is 77.6 Å². The van der Waals surface area contributed by atoms with Gasteiger partial charge in [-0.2, -0.15) is 13.2 Å². The summed E-state index contributed by atoms with van der Waals surface area (Å²) < 4.78 is 42.1. The van der Waals surface area contributed by atoms with Gasteiger partial charge in [0.1, 0.15) is 0 Å². The van der Waals surface area contributed by atoms with E-state index in [1.807, 2.05) is 22.4 Å². The lowest BCUT2D eigenvalue weighted by molar-refractivity contribution is -0.138. The molecule has 1 saturated heterocycles. The molecule has 43 heavy (non-hydrogen) atoms. The summed E-state index contributed by atoms with van der Waals surface area (Å²) in [4.78, 5) is 35.6. The normalized spacial score (nSPS) is 14.4. The van der Waals surface area contributed by atoms with Gasteiger partial charge in [-0.25, -0.2) is 0 Å². The van der Waals surface area contributed by atoms with Crippen LogP contribution in [0.3, 0.4) is 0 Å². The Morgan fingerprint density at radius 2 is 1.60 bits per heavy atom. The fourth-order valence-corrected chi connectivity index (χ4v) is 5.80. The third-order valence-electron chi connectivity index (χ3n) is 7.38. The molecule has 0 atom stereocenters. The van der Waals surface area contributed by atoms with Gasteiger partial charge in [-0.3, -0.25) is 19.5 Å². The van der Waals surface area contributed by atoms with E-state index in [2.05, 4.69) is 27.4 Å². The number of hydrogen-bond acceptors (Lipinski definition) is 6. The first-order valence-electron chi connectivity index (χ1n) is 14.0. The number of nitrogens with one attached hydrogen (secondary N) is 2. The first-order valence-corrected chi connectivity index (χ1v) is 14.8. The van der Waals surface area contributed by atoms with Crippen LogP contribution in [0.4, 0.5) is 24.5 Å². The van der Waals surface area contributed by atoms with Gasteiger partial charge < -0.3 is 15.5 Å². The van der Waals surface area contributed by atoms with E-state index in [9.17, 15) is 22.8 Å². The lowest BCUT2D eigenvalue weighted by atomic mass is 10.0. The molecule has 2 aromatic carbocycles. The molecule has 0 unspecified atom stereocenters. The number of pyridine rings is 1. The molecule has 11 heteroatoms. The fraction of sp³-hybridized carbons (Fsp3) is 0.281. The van der Waals surface area contributed by atoms with Crippen molar-refractivity contribution in [2.24, 2.45) is 0 Å². The van der Waals surface area contributed by atoms with Gasteiger partial charge in [0, 0.05) is 72.5 Å². The fourth-order valence-electron chi connectivity index (χ4n) is 5.10. The number of benzene rings is 2. The minimum atomic E-state index is -4.57. The highest BCUT2D eigenvalue weighted by atomic mass is 32.1. The highest BCUT2D eigenvalue weighted by molar-refractivity contribution is 7.13. The highest BCUT2D eigenvalue weighted by Crippen LogP contribution is 2.35. The van der Waals surface area contributed by atoms with E-state index in [1.165, 1.54) is 35.7 Å². The van der Waals surface area contributed by atoms with Gasteiger partial charge in [0.25, 0.3) is 11.8 Å². The van der Waals surface area contributed by atoms with E-state index in [0.717, 1.165) is 36.1 Å². The van der Waals surface area contributed by atoms with Crippen LogP contribution in [0.25, 0.3) is 10.4 Å². The molecule has 3 heterocycles. The maximum Gasteiger partial charge on any atom is 0.416 e. The second-order valence-electron chi connectivity index (χ2n) is 10.5. The van der Waals surface area contributed by atoms with Crippen LogP contribution in [0.2, 0.25) is 0 Å². The molecule has 224 valence electrons. The number of aryl methyl sites for hydroxylation is 1. The smallest absolute Gasteiger partial charge is 0.322 e. The van der Waals surface area contributed by atoms with E-state index >= 15 is 0 Å². The van der Waals surface area contributed by atoms with E-state index in [4.69, 9.17) is 0 Å². The van der Waals surface area contributed by atoms with Crippen LogP contribution in [0.1, 0.15) is 44.3 Å². The molecule has 5 rings (SSSR count). The lowest BCUT2D eigenvalue weighted by Gasteiger charge is -2.34. The number of likely N-dealkylation sites (N-methyl/N-ethyl adjacent to an activating group) is 1. The Kier molecular flexibility index (Phi) is 9.24. The summed E-state index contributed by atoms with van der Waals surface area (Å²) in [7, 11) is 0. The van der Waals surface area contributed by atoms with Crippen LogP contribution in [0.15, 0.2) is 72.4 Å². The van der Waals surface area contributed by atoms with Gasteiger partial charge in [0.2, 0.25) is 0 Å². The van der Waals surface area contributed by atoms with Crippen molar-refractivity contribution in [3.05, 3.63) is 100 Å². The molecule has 0 radical (unpaired) electrons. The average molecular weight is 608 g/mol. The minimum Gasteiger partial charge on any atom is -0.322 e. The maximum absolute atomic E-state index is 14.0. The number of aromatic nitrogens is 1. The number of thiophene rings is 1. The molecule has 2 N–H and O–H groups in total. The third kappa shape index (κ3) is 7.67. The summed E-state index contributed by atoms with van der Waals surface area (Å²) in [5, 5.41) is 7.34. The van der Waals surface area contributed by atoms with Crippen LogP contribution in [0, 0.1) is 6.92 Å². The summed E-state index contributed by atoms with van der Waals surface area (Å²) >= 11 is 1.54. The van der Waals surface area contributed by atoms with Crippen LogP contribution >= 0.6 is 11.3 Å². The second kappa shape index (κ2) is 13.1. The molecule has 1 aliphatic rings. The zero-order valence-electron chi connectivity index (χ0n) is 23.9. The van der Waals surface area contributed by atoms with Crippen LogP contribution < -0.4 is 10.6 Å². The Bertz CT molecular complexity index is 1600. The van der Waals surface area contributed by atoms with Crippen molar-refractivity contribution in [2.75, 3.05) is 43.4 Å². The standard InChI is InChI=1S/C32H32F3N5O2S/c1-3-39-8-10-40(11-9-39)20-22-6-7-26(17-28(22)32(33,34)35)37-30(41)23-13-21(2)14-27(16-23)38-31(42)25-15-24(18-36-19-25)29-5-4-12-43-29/h4-7,12-19H,3,8-11,20H2,1-2H3,(H,37,41)(H,38,42). The Balaban J connectivity index is 1.29. The van der Waals surface area contributed by atoms with Crippen molar-refractivity contribution in [2.45, 2.75) is 26.6 Å². The Morgan fingerprint density at radius 3 is 2.30 bits per heavy atom. The number of rotatable bonds is 8. The molecule has 0 spiro atoms. The third-order valence-corrected chi connectivity index (χ3v) is 8.30. The van der Waals surface area contributed by atoms with Crippen molar-refractivity contribution in [3.63, 3.8) is 0 Å². The molecule has 2 aromatic heterocycles. The van der Waals surface area contributed by atoms with E-state index in [1.54, 1.807) is 31.3 Å². The molecule has 2 amide bonds. The zero-order valence-corrected chi connectivity index (χ0v) is 24.7. The molecular formula is C32H32F3N5O2S. The van der Waals surface area contributed by atoms with Crippen molar-refractivity contribution < 1.29 is 22.8 Å². The molecule has 1 fully saturated rings. The van der Waals surface area contributed by atoms with Gasteiger partial charge in [-0.15, -0.1) is 11.3 Å². The largest absolute Gasteiger partial charge is 0.416 e.